The van der Waals surface area contributed by atoms with E-state index < -0.39 is 27.8 Å². The van der Waals surface area contributed by atoms with Crippen molar-refractivity contribution in [1.29, 1.82) is 0 Å². The van der Waals surface area contributed by atoms with Gasteiger partial charge in [-0.05, 0) is 43.7 Å². The van der Waals surface area contributed by atoms with Crippen LogP contribution in [0.5, 0.6) is 0 Å². The number of hydrogen-bond acceptors (Lipinski definition) is 6. The van der Waals surface area contributed by atoms with Gasteiger partial charge in [-0.2, -0.15) is 0 Å². The van der Waals surface area contributed by atoms with Crippen LogP contribution in [0.3, 0.4) is 0 Å². The van der Waals surface area contributed by atoms with Crippen molar-refractivity contribution in [3.05, 3.63) is 53.6 Å². The van der Waals surface area contributed by atoms with E-state index in [1.54, 1.807) is 31.2 Å². The van der Waals surface area contributed by atoms with E-state index in [0.717, 1.165) is 6.26 Å². The molecule has 1 aliphatic rings. The van der Waals surface area contributed by atoms with Gasteiger partial charge >= 0.3 is 5.97 Å². The summed E-state index contributed by atoms with van der Waals surface area (Å²) in [6.07, 6.45) is -0.139. The van der Waals surface area contributed by atoms with Crippen LogP contribution in [0.15, 0.2) is 47.4 Å². The molecule has 0 unspecified atom stereocenters. The van der Waals surface area contributed by atoms with E-state index in [4.69, 9.17) is 4.74 Å². The minimum atomic E-state index is -3.50. The topological polar surface area (TPSA) is 110 Å². The minimum absolute atomic E-state index is 0.0179. The molecule has 0 aliphatic carbocycles. The third kappa shape index (κ3) is 4.29. The van der Waals surface area contributed by atoms with Crippen LogP contribution in [0.1, 0.15) is 22.8 Å². The number of para-hydroxylation sites is 2. The van der Waals surface area contributed by atoms with Crippen LogP contribution < -0.4 is 10.2 Å². The third-order valence-corrected chi connectivity index (χ3v) is 5.64. The molecule has 1 heterocycles. The van der Waals surface area contributed by atoms with Crippen molar-refractivity contribution in [3.63, 3.8) is 0 Å². The van der Waals surface area contributed by atoms with Crippen LogP contribution in [0.2, 0.25) is 0 Å². The number of aryl methyl sites for hydroxylation is 1. The third-order valence-electron chi connectivity index (χ3n) is 4.53. The summed E-state index contributed by atoms with van der Waals surface area (Å²) in [7, 11) is -3.50. The molecule has 0 saturated heterocycles. The van der Waals surface area contributed by atoms with Gasteiger partial charge < -0.3 is 10.1 Å². The van der Waals surface area contributed by atoms with Gasteiger partial charge in [0.15, 0.2) is 15.9 Å². The van der Waals surface area contributed by atoms with E-state index in [1.165, 1.54) is 30.0 Å². The number of carbonyl (C=O) groups excluding carboxylic acids is 3. The highest BCUT2D eigenvalue weighted by Gasteiger charge is 2.31. The van der Waals surface area contributed by atoms with Gasteiger partial charge in [0.1, 0.15) is 6.54 Å². The van der Waals surface area contributed by atoms with Crippen molar-refractivity contribution in [1.82, 2.24) is 0 Å². The second-order valence-corrected chi connectivity index (χ2v) is 8.80. The standard InChI is InChI=1S/C20H20N2O6S/c1-12-8-9-14(29(3,26)27)10-15(12)20(25)28-13(2)19(24)22-11-18(23)21-16-6-4-5-7-17(16)22/h4-10,13H,11H2,1-3H3,(H,21,23)/t13-/m0/s1. The molecule has 1 aliphatic heterocycles. The first-order valence-corrected chi connectivity index (χ1v) is 10.7. The summed E-state index contributed by atoms with van der Waals surface area (Å²) in [6.45, 7) is 2.85. The molecule has 0 bridgehead atoms. The summed E-state index contributed by atoms with van der Waals surface area (Å²) in [5.41, 5.74) is 1.58. The molecule has 1 atom stereocenters. The van der Waals surface area contributed by atoms with Gasteiger partial charge in [-0.3, -0.25) is 14.5 Å². The van der Waals surface area contributed by atoms with E-state index in [0.29, 0.717) is 16.9 Å². The largest absolute Gasteiger partial charge is 0.449 e. The van der Waals surface area contributed by atoms with Gasteiger partial charge in [-0.15, -0.1) is 0 Å². The number of nitrogens with one attached hydrogen (secondary N) is 1. The highest BCUT2D eigenvalue weighted by atomic mass is 32.2. The van der Waals surface area contributed by atoms with Crippen LogP contribution in [0.4, 0.5) is 11.4 Å². The Hall–Kier alpha value is -3.20. The zero-order valence-electron chi connectivity index (χ0n) is 16.1. The summed E-state index contributed by atoms with van der Waals surface area (Å²) < 4.78 is 28.8. The fraction of sp³-hybridized carbons (Fsp3) is 0.250. The number of amides is 2. The van der Waals surface area contributed by atoms with Gasteiger partial charge in [0.05, 0.1) is 21.8 Å². The normalized spacial score (nSPS) is 14.6. The van der Waals surface area contributed by atoms with Gasteiger partial charge in [0.25, 0.3) is 5.91 Å². The number of carbonyl (C=O) groups is 3. The van der Waals surface area contributed by atoms with E-state index in [2.05, 4.69) is 5.32 Å². The molecule has 2 aromatic rings. The molecule has 0 spiro atoms. The summed E-state index contributed by atoms with van der Waals surface area (Å²) in [4.78, 5) is 38.6. The van der Waals surface area contributed by atoms with Crippen molar-refractivity contribution < 1.29 is 27.5 Å². The number of sulfone groups is 1. The summed E-state index contributed by atoms with van der Waals surface area (Å²) >= 11 is 0. The van der Waals surface area contributed by atoms with Crippen molar-refractivity contribution >= 4 is 39.0 Å². The Kier molecular flexibility index (Phi) is 5.43. The van der Waals surface area contributed by atoms with Crippen molar-refractivity contribution in [2.24, 2.45) is 0 Å². The van der Waals surface area contributed by atoms with E-state index in [-0.39, 0.29) is 22.9 Å². The van der Waals surface area contributed by atoms with Crippen LogP contribution in [0, 0.1) is 6.92 Å². The first-order valence-electron chi connectivity index (χ1n) is 8.80. The second kappa shape index (κ2) is 7.67. The number of hydrogen-bond donors (Lipinski definition) is 1. The lowest BCUT2D eigenvalue weighted by molar-refractivity contribution is -0.128. The molecule has 9 heteroatoms. The lowest BCUT2D eigenvalue weighted by Gasteiger charge is -2.30. The average Bonchev–Trinajstić information content (AvgIpc) is 2.65. The van der Waals surface area contributed by atoms with Crippen LogP contribution in [0.25, 0.3) is 0 Å². The van der Waals surface area contributed by atoms with Crippen LogP contribution in [-0.4, -0.2) is 45.1 Å². The minimum Gasteiger partial charge on any atom is -0.449 e. The summed E-state index contributed by atoms with van der Waals surface area (Å²) in [5, 5.41) is 2.68. The quantitative estimate of drug-likeness (QED) is 0.763. The fourth-order valence-electron chi connectivity index (χ4n) is 2.98. The summed E-state index contributed by atoms with van der Waals surface area (Å²) in [6, 6.07) is 10.9. The van der Waals surface area contributed by atoms with Gasteiger partial charge in [-0.25, -0.2) is 13.2 Å². The highest BCUT2D eigenvalue weighted by Crippen LogP contribution is 2.29. The Labute approximate surface area is 168 Å². The maximum atomic E-state index is 12.9. The van der Waals surface area contributed by atoms with Crippen molar-refractivity contribution in [2.45, 2.75) is 24.8 Å². The predicted octanol–water partition coefficient (Wildman–Crippen LogP) is 1.93. The molecule has 0 radical (unpaired) electrons. The Morgan fingerprint density at radius 2 is 1.86 bits per heavy atom. The number of nitrogens with zero attached hydrogens (tertiary/aromatic N) is 1. The van der Waals surface area contributed by atoms with Crippen LogP contribution >= 0.6 is 0 Å². The van der Waals surface area contributed by atoms with Crippen molar-refractivity contribution in [2.75, 3.05) is 23.0 Å². The first kappa shape index (κ1) is 20.5. The molecule has 1 N–H and O–H groups in total. The predicted molar refractivity (Wildman–Crippen MR) is 107 cm³/mol. The molecule has 3 rings (SSSR count). The van der Waals surface area contributed by atoms with E-state index >= 15 is 0 Å². The first-order chi connectivity index (χ1) is 13.6. The number of rotatable bonds is 4. The number of ether oxygens (including phenoxy) is 1. The zero-order chi connectivity index (χ0) is 21.3. The van der Waals surface area contributed by atoms with E-state index in [9.17, 15) is 22.8 Å². The number of anilines is 2. The molecule has 0 fully saturated rings. The lowest BCUT2D eigenvalue weighted by atomic mass is 10.1. The Morgan fingerprint density at radius 3 is 2.55 bits per heavy atom. The zero-order valence-corrected chi connectivity index (χ0v) is 16.9. The molecular formula is C20H20N2O6S. The highest BCUT2D eigenvalue weighted by molar-refractivity contribution is 7.90. The monoisotopic (exact) mass is 416 g/mol. The number of benzene rings is 2. The fourth-order valence-corrected chi connectivity index (χ4v) is 3.62. The average molecular weight is 416 g/mol. The Balaban J connectivity index is 1.82. The lowest BCUT2D eigenvalue weighted by Crippen LogP contribution is -2.47. The Morgan fingerprint density at radius 1 is 1.17 bits per heavy atom. The van der Waals surface area contributed by atoms with Crippen molar-refractivity contribution in [3.8, 4) is 0 Å². The van der Waals surface area contributed by atoms with E-state index in [1.807, 2.05) is 0 Å². The molecule has 2 aromatic carbocycles. The molecule has 0 saturated carbocycles. The van der Waals surface area contributed by atoms with Gasteiger partial charge in [-0.1, -0.05) is 18.2 Å². The SMILES string of the molecule is Cc1ccc(S(C)(=O)=O)cc1C(=O)O[C@@H](C)C(=O)N1CC(=O)Nc2ccccc21. The molecule has 152 valence electrons. The van der Waals surface area contributed by atoms with Crippen LogP contribution in [-0.2, 0) is 24.2 Å². The number of fused-ring (bicyclic) bond motifs is 1. The molecule has 0 aromatic heterocycles. The van der Waals surface area contributed by atoms with Gasteiger partial charge in [0.2, 0.25) is 5.91 Å². The molecular weight excluding hydrogens is 396 g/mol. The van der Waals surface area contributed by atoms with Gasteiger partial charge in [0, 0.05) is 6.26 Å². The second-order valence-electron chi connectivity index (χ2n) is 6.79. The Bertz CT molecular complexity index is 1110. The maximum absolute atomic E-state index is 12.9. The summed E-state index contributed by atoms with van der Waals surface area (Å²) in [5.74, 6) is -1.73. The maximum Gasteiger partial charge on any atom is 0.339 e. The molecule has 29 heavy (non-hydrogen) atoms. The molecule has 2 amide bonds. The molecule has 8 nitrogen and oxygen atoms in total. The smallest absolute Gasteiger partial charge is 0.339 e. The number of esters is 1.